The predicted octanol–water partition coefficient (Wildman–Crippen LogP) is 5.14. The molecule has 192 valence electrons. The lowest BCUT2D eigenvalue weighted by molar-refractivity contribution is 0.0741. The number of sulfone groups is 1. The largest absolute Gasteiger partial charge is 0.376 e. The van der Waals surface area contributed by atoms with E-state index in [0.717, 1.165) is 12.8 Å². The number of carbonyl (C=O) groups excluding carboxylic acids is 1. The first-order valence-electron chi connectivity index (χ1n) is 11.6. The molecule has 2 aromatic carbocycles. The molecule has 0 bridgehead atoms. The van der Waals surface area contributed by atoms with E-state index in [0.29, 0.717) is 41.5 Å². The number of amides is 1. The number of rotatable bonds is 9. The number of imidazole rings is 1. The number of halogens is 3. The van der Waals surface area contributed by atoms with Gasteiger partial charge in [0.1, 0.15) is 5.82 Å². The average molecular weight is 554 g/mol. The minimum Gasteiger partial charge on any atom is -0.376 e. The number of aromatic nitrogens is 2. The van der Waals surface area contributed by atoms with E-state index >= 15 is 0 Å². The Hall–Kier alpha value is -2.46. The molecule has 1 fully saturated rings. The molecular formula is C25H26Cl2FN3O4S. The van der Waals surface area contributed by atoms with Crippen molar-refractivity contribution in [1.29, 1.82) is 0 Å². The third-order valence-electron chi connectivity index (χ3n) is 6.04. The molecule has 11 heteroatoms. The summed E-state index contributed by atoms with van der Waals surface area (Å²) in [4.78, 5) is 19.1. The second-order valence-electron chi connectivity index (χ2n) is 8.61. The number of nitrogens with zero attached hydrogens (tertiary/aromatic N) is 3. The lowest BCUT2D eigenvalue weighted by Crippen LogP contribution is -2.32. The average Bonchev–Trinajstić information content (AvgIpc) is 3.49. The van der Waals surface area contributed by atoms with Crippen molar-refractivity contribution in [2.75, 3.05) is 13.2 Å². The Morgan fingerprint density at radius 3 is 2.61 bits per heavy atom. The molecule has 1 atom stereocenters. The quantitative estimate of drug-likeness (QED) is 0.366. The summed E-state index contributed by atoms with van der Waals surface area (Å²) >= 11 is 12.2. The van der Waals surface area contributed by atoms with Gasteiger partial charge in [0.2, 0.25) is 15.0 Å². The van der Waals surface area contributed by atoms with Crippen LogP contribution in [0.15, 0.2) is 53.8 Å². The van der Waals surface area contributed by atoms with Gasteiger partial charge in [0.15, 0.2) is 0 Å². The van der Waals surface area contributed by atoms with Crippen molar-refractivity contribution in [2.45, 2.75) is 49.9 Å². The molecule has 4 rings (SSSR count). The van der Waals surface area contributed by atoms with Gasteiger partial charge in [0.25, 0.3) is 5.91 Å². The summed E-state index contributed by atoms with van der Waals surface area (Å²) in [7, 11) is -3.87. The Bertz CT molecular complexity index is 1340. The van der Waals surface area contributed by atoms with Crippen molar-refractivity contribution in [3.8, 4) is 0 Å². The fourth-order valence-corrected chi connectivity index (χ4v) is 6.16. The van der Waals surface area contributed by atoms with Gasteiger partial charge in [0.05, 0.1) is 47.4 Å². The monoisotopic (exact) mass is 553 g/mol. The van der Waals surface area contributed by atoms with E-state index in [-0.39, 0.29) is 34.5 Å². The molecule has 1 aliphatic rings. The molecular weight excluding hydrogens is 528 g/mol. The van der Waals surface area contributed by atoms with Gasteiger partial charge in [-0.05, 0) is 55.7 Å². The molecule has 0 spiro atoms. The van der Waals surface area contributed by atoms with Crippen molar-refractivity contribution in [3.63, 3.8) is 0 Å². The summed E-state index contributed by atoms with van der Waals surface area (Å²) in [5.74, 6) is -1.07. The Labute approximate surface area is 219 Å². The Morgan fingerprint density at radius 2 is 1.97 bits per heavy atom. The van der Waals surface area contributed by atoms with E-state index in [1.807, 2.05) is 6.92 Å². The lowest BCUT2D eigenvalue weighted by atomic mass is 10.2. The summed E-state index contributed by atoms with van der Waals surface area (Å²) in [5.41, 5.74) is 1.31. The van der Waals surface area contributed by atoms with E-state index in [9.17, 15) is 17.6 Å². The highest BCUT2D eigenvalue weighted by Crippen LogP contribution is 2.25. The maximum Gasteiger partial charge on any atom is 0.255 e. The van der Waals surface area contributed by atoms with Gasteiger partial charge in [-0.15, -0.1) is 0 Å². The molecule has 2 heterocycles. The molecule has 3 aromatic rings. The van der Waals surface area contributed by atoms with Crippen molar-refractivity contribution >= 4 is 38.9 Å². The first-order chi connectivity index (χ1) is 17.2. The molecule has 1 aromatic heterocycles. The van der Waals surface area contributed by atoms with Crippen LogP contribution in [-0.4, -0.2) is 48.0 Å². The van der Waals surface area contributed by atoms with Crippen LogP contribution >= 0.6 is 23.2 Å². The van der Waals surface area contributed by atoms with E-state index in [1.165, 1.54) is 36.5 Å². The molecule has 0 aliphatic carbocycles. The maximum absolute atomic E-state index is 13.4. The minimum absolute atomic E-state index is 0.106. The minimum atomic E-state index is -3.87. The highest BCUT2D eigenvalue weighted by Gasteiger charge is 2.28. The first kappa shape index (κ1) is 26.6. The second-order valence-corrected chi connectivity index (χ2v) is 11.3. The highest BCUT2D eigenvalue weighted by atomic mass is 35.5. The summed E-state index contributed by atoms with van der Waals surface area (Å²) in [6.07, 6.45) is 3.01. The number of hydrogen-bond acceptors (Lipinski definition) is 5. The van der Waals surface area contributed by atoms with Crippen molar-refractivity contribution in [2.24, 2.45) is 0 Å². The zero-order valence-corrected chi connectivity index (χ0v) is 22.0. The third kappa shape index (κ3) is 6.08. The fourth-order valence-electron chi connectivity index (χ4n) is 4.17. The third-order valence-corrected chi connectivity index (χ3v) is 8.19. The van der Waals surface area contributed by atoms with Gasteiger partial charge < -0.3 is 14.2 Å². The van der Waals surface area contributed by atoms with Crippen LogP contribution in [0.3, 0.4) is 0 Å². The van der Waals surface area contributed by atoms with Crippen LogP contribution in [0, 0.1) is 5.82 Å². The van der Waals surface area contributed by atoms with Crippen molar-refractivity contribution in [1.82, 2.24) is 14.5 Å². The highest BCUT2D eigenvalue weighted by molar-refractivity contribution is 7.90. The van der Waals surface area contributed by atoms with Gasteiger partial charge in [-0.2, -0.15) is 0 Å². The fraction of sp³-hybridized carbons (Fsp3) is 0.360. The Kier molecular flexibility index (Phi) is 8.34. The summed E-state index contributed by atoms with van der Waals surface area (Å²) in [6.45, 7) is 3.22. The van der Waals surface area contributed by atoms with Crippen LogP contribution in [0.25, 0.3) is 0 Å². The molecule has 1 aliphatic heterocycles. The van der Waals surface area contributed by atoms with Gasteiger partial charge in [-0.25, -0.2) is 17.8 Å². The molecule has 7 nitrogen and oxygen atoms in total. The Balaban J connectivity index is 1.65. The SMILES string of the molecule is CCN(Cc1cnc(S(=O)(=O)Cc2ccc(F)cc2)n1C[C@H]1CCCO1)C(=O)c1ccc(Cl)cc1Cl. The predicted molar refractivity (Wildman–Crippen MR) is 135 cm³/mol. The van der Waals surface area contributed by atoms with Gasteiger partial charge >= 0.3 is 0 Å². The van der Waals surface area contributed by atoms with Crippen LogP contribution in [0.4, 0.5) is 4.39 Å². The summed E-state index contributed by atoms with van der Waals surface area (Å²) < 4.78 is 47.4. The zero-order chi connectivity index (χ0) is 25.9. The van der Waals surface area contributed by atoms with Gasteiger partial charge in [-0.1, -0.05) is 35.3 Å². The number of ether oxygens (including phenoxy) is 1. The number of hydrogen-bond donors (Lipinski definition) is 0. The second kappa shape index (κ2) is 11.3. The number of carbonyl (C=O) groups is 1. The summed E-state index contributed by atoms with van der Waals surface area (Å²) in [5, 5.41) is 0.553. The maximum atomic E-state index is 13.4. The molecule has 1 amide bonds. The van der Waals surface area contributed by atoms with Crippen LogP contribution in [0.5, 0.6) is 0 Å². The standard InChI is InChI=1S/C25H26Cl2FN3O4S/c1-2-30(24(32)22-10-7-18(26)12-23(22)27)14-20-13-29-25(31(20)15-21-4-3-11-35-21)36(33,34)16-17-5-8-19(28)9-6-17/h5-10,12-13,21H,2-4,11,14-16H2,1H3/t21-/m1/s1. The molecule has 0 unspecified atom stereocenters. The molecule has 1 saturated heterocycles. The molecule has 0 N–H and O–H groups in total. The summed E-state index contributed by atoms with van der Waals surface area (Å²) in [6, 6.07) is 9.99. The van der Waals surface area contributed by atoms with Crippen molar-refractivity contribution in [3.05, 3.63) is 81.3 Å². The topological polar surface area (TPSA) is 81.5 Å². The lowest BCUT2D eigenvalue weighted by Gasteiger charge is -2.23. The smallest absolute Gasteiger partial charge is 0.255 e. The van der Waals surface area contributed by atoms with Crippen LogP contribution < -0.4 is 0 Å². The molecule has 36 heavy (non-hydrogen) atoms. The van der Waals surface area contributed by atoms with Crippen LogP contribution in [-0.2, 0) is 33.4 Å². The van der Waals surface area contributed by atoms with Gasteiger partial charge in [0, 0.05) is 18.2 Å². The molecule has 0 saturated carbocycles. The normalized spacial score (nSPS) is 15.8. The van der Waals surface area contributed by atoms with E-state index < -0.39 is 15.7 Å². The van der Waals surface area contributed by atoms with Crippen molar-refractivity contribution < 1.29 is 22.3 Å². The first-order valence-corrected chi connectivity index (χ1v) is 14.0. The Morgan fingerprint density at radius 1 is 1.22 bits per heavy atom. The zero-order valence-electron chi connectivity index (χ0n) is 19.7. The van der Waals surface area contributed by atoms with Crippen LogP contribution in [0.2, 0.25) is 10.0 Å². The number of benzene rings is 2. The van der Waals surface area contributed by atoms with Gasteiger partial charge in [-0.3, -0.25) is 4.79 Å². The van der Waals surface area contributed by atoms with E-state index in [2.05, 4.69) is 4.98 Å². The molecule has 0 radical (unpaired) electrons. The van der Waals surface area contributed by atoms with E-state index in [1.54, 1.807) is 21.6 Å². The van der Waals surface area contributed by atoms with E-state index in [4.69, 9.17) is 27.9 Å². The van der Waals surface area contributed by atoms with Crippen LogP contribution in [0.1, 0.15) is 41.4 Å².